The Bertz CT molecular complexity index is 1810. The Kier molecular flexibility index (Phi) is 51.4. The van der Waals surface area contributed by atoms with Crippen molar-refractivity contribution in [2.75, 3.05) is 19.8 Å². The zero-order valence-electron chi connectivity index (χ0n) is 53.8. The highest BCUT2D eigenvalue weighted by Crippen LogP contribution is 2.30. The summed E-state index contributed by atoms with van der Waals surface area (Å²) in [6.07, 6.45) is 61.2. The van der Waals surface area contributed by atoms with Crippen molar-refractivity contribution in [1.29, 1.82) is 0 Å². The Labute approximate surface area is 522 Å². The molecule has 2 heterocycles. The number of nitrogens with one attached hydrogen (secondary N) is 1. The van der Waals surface area contributed by atoms with E-state index in [9.17, 15) is 45.6 Å². The minimum atomic E-state index is -1.79. The number of aliphatic hydroxyl groups is 8. The number of unbranched alkanes of at least 4 members (excludes halogenated alkanes) is 26. The molecule has 14 nitrogen and oxygen atoms in total. The lowest BCUT2D eigenvalue weighted by atomic mass is 9.97. The summed E-state index contributed by atoms with van der Waals surface area (Å²) in [5, 5.41) is 87.6. The highest BCUT2D eigenvalue weighted by atomic mass is 16.7. The Morgan fingerprint density at radius 3 is 1.23 bits per heavy atom. The van der Waals surface area contributed by atoms with E-state index in [1.165, 1.54) is 122 Å². The standard InChI is InChI=1S/C72H125NO13/c1-3-5-7-9-11-13-15-17-19-21-23-25-27-28-29-30-31-32-34-36-38-40-42-44-46-48-50-52-54-56-64(77)73-60(59-83-71-69(82)67(80)70(63(58-75)85-71)86-72-68(81)66(79)65(78)62(57-74)84-72)61(76)55-53-51-49-47-45-43-41-39-37-35-33-26-24-22-20-18-16-14-12-10-8-6-4-2/h5,7,11,13,17,19,23,25,28-29,31-32,36,38,42,44,60-63,65-72,74-76,78-82H,3-4,6,8-10,12,14-16,18,20-22,24,26-27,30,33-35,37,39-41,43,45-59H2,1-2H3,(H,73,77)/b7-5-,13-11-,19-17-,25-23-,29-28-,32-31-,38-36-,44-42-. The largest absolute Gasteiger partial charge is 0.394 e. The van der Waals surface area contributed by atoms with Gasteiger partial charge in [-0.05, 0) is 77.0 Å². The Hall–Kier alpha value is -3.09. The first-order valence-electron chi connectivity index (χ1n) is 34.5. The minimum absolute atomic E-state index is 0.232. The number of hydrogen-bond acceptors (Lipinski definition) is 13. The lowest BCUT2D eigenvalue weighted by Crippen LogP contribution is -2.65. The monoisotopic (exact) mass is 1210 g/mol. The van der Waals surface area contributed by atoms with Crippen LogP contribution in [0, 0.1) is 0 Å². The summed E-state index contributed by atoms with van der Waals surface area (Å²) in [7, 11) is 0. The van der Waals surface area contributed by atoms with E-state index in [4.69, 9.17) is 18.9 Å². The SMILES string of the molecule is CC/C=C\C/C=C\C/C=C\C/C=C\C/C=C\C/C=C\C/C=C\C/C=C\CCCCCCC(=O)NC(COC1OC(CO)C(OC2OC(CO)C(O)C(O)C2O)C(O)C1O)C(O)CCCCCCCCCCCCCCCCCCCCCCCCC. The van der Waals surface area contributed by atoms with Gasteiger partial charge in [0.15, 0.2) is 12.6 Å². The first kappa shape index (κ1) is 79.0. The van der Waals surface area contributed by atoms with Gasteiger partial charge in [0.2, 0.25) is 5.91 Å². The maximum atomic E-state index is 13.3. The second-order valence-electron chi connectivity index (χ2n) is 23.9. The molecule has 0 bridgehead atoms. The van der Waals surface area contributed by atoms with Crippen LogP contribution in [0.15, 0.2) is 97.2 Å². The van der Waals surface area contributed by atoms with Crippen molar-refractivity contribution in [2.45, 2.75) is 331 Å². The first-order valence-corrected chi connectivity index (χ1v) is 34.5. The molecule has 0 aliphatic carbocycles. The van der Waals surface area contributed by atoms with Crippen molar-refractivity contribution in [3.05, 3.63) is 97.2 Å². The lowest BCUT2D eigenvalue weighted by molar-refractivity contribution is -0.359. The van der Waals surface area contributed by atoms with Crippen molar-refractivity contribution in [1.82, 2.24) is 5.32 Å². The normalized spacial score (nSPS) is 24.0. The topological polar surface area (TPSA) is 228 Å². The molecule has 0 spiro atoms. The number of carbonyl (C=O) groups is 1. The van der Waals surface area contributed by atoms with Gasteiger partial charge in [-0.1, -0.05) is 272 Å². The highest BCUT2D eigenvalue weighted by molar-refractivity contribution is 5.76. The molecule has 14 heteroatoms. The van der Waals surface area contributed by atoms with Crippen LogP contribution in [0.2, 0.25) is 0 Å². The zero-order valence-corrected chi connectivity index (χ0v) is 53.8. The molecule has 12 atom stereocenters. The van der Waals surface area contributed by atoms with Crippen LogP contribution in [0.5, 0.6) is 0 Å². The van der Waals surface area contributed by atoms with E-state index in [0.29, 0.717) is 12.8 Å². The molecule has 2 aliphatic rings. The molecular formula is C72H125NO13. The third kappa shape index (κ3) is 39.8. The Morgan fingerprint density at radius 2 is 0.802 bits per heavy atom. The van der Waals surface area contributed by atoms with E-state index in [1.807, 2.05) is 0 Å². The number of aliphatic hydroxyl groups excluding tert-OH is 8. The lowest BCUT2D eigenvalue weighted by Gasteiger charge is -2.46. The Balaban J connectivity index is 1.71. The molecule has 0 aromatic heterocycles. The third-order valence-electron chi connectivity index (χ3n) is 16.3. The summed E-state index contributed by atoms with van der Waals surface area (Å²) in [4.78, 5) is 13.3. The molecule has 1 amide bonds. The molecule has 12 unspecified atom stereocenters. The summed E-state index contributed by atoms with van der Waals surface area (Å²) in [6.45, 7) is 2.75. The van der Waals surface area contributed by atoms with Crippen LogP contribution >= 0.6 is 0 Å². The fourth-order valence-corrected chi connectivity index (χ4v) is 10.8. The van der Waals surface area contributed by atoms with Crippen LogP contribution in [0.1, 0.15) is 258 Å². The molecule has 0 radical (unpaired) electrons. The van der Waals surface area contributed by atoms with E-state index in [0.717, 1.165) is 103 Å². The van der Waals surface area contributed by atoms with Gasteiger partial charge in [0, 0.05) is 6.42 Å². The maximum Gasteiger partial charge on any atom is 0.220 e. The van der Waals surface area contributed by atoms with Crippen LogP contribution in [0.25, 0.3) is 0 Å². The van der Waals surface area contributed by atoms with Gasteiger partial charge in [-0.15, -0.1) is 0 Å². The van der Waals surface area contributed by atoms with Gasteiger partial charge in [0.1, 0.15) is 48.8 Å². The van der Waals surface area contributed by atoms with Crippen LogP contribution < -0.4 is 5.32 Å². The summed E-state index contributed by atoms with van der Waals surface area (Å²) < 4.78 is 22.9. The Morgan fingerprint density at radius 1 is 0.430 bits per heavy atom. The summed E-state index contributed by atoms with van der Waals surface area (Å²) >= 11 is 0. The molecule has 0 saturated carbocycles. The number of ether oxygens (including phenoxy) is 4. The summed E-state index contributed by atoms with van der Waals surface area (Å²) in [5.41, 5.74) is 0. The van der Waals surface area contributed by atoms with Crippen molar-refractivity contribution < 1.29 is 64.6 Å². The molecule has 2 fully saturated rings. The molecule has 86 heavy (non-hydrogen) atoms. The summed E-state index contributed by atoms with van der Waals surface area (Å²) in [6, 6.07) is -0.851. The quantitative estimate of drug-likeness (QED) is 0.0204. The second kappa shape index (κ2) is 55.9. The van der Waals surface area contributed by atoms with E-state index >= 15 is 0 Å². The maximum absolute atomic E-state index is 13.3. The van der Waals surface area contributed by atoms with Gasteiger partial charge in [0.05, 0.1) is 32.0 Å². The van der Waals surface area contributed by atoms with Crippen molar-refractivity contribution in [3.63, 3.8) is 0 Å². The van der Waals surface area contributed by atoms with Gasteiger partial charge in [-0.25, -0.2) is 0 Å². The number of hydrogen-bond donors (Lipinski definition) is 9. The molecule has 496 valence electrons. The smallest absolute Gasteiger partial charge is 0.220 e. The van der Waals surface area contributed by atoms with Crippen LogP contribution in [0.4, 0.5) is 0 Å². The van der Waals surface area contributed by atoms with E-state index in [1.54, 1.807) is 0 Å². The van der Waals surface area contributed by atoms with E-state index in [-0.39, 0.29) is 18.9 Å². The fraction of sp³-hybridized carbons (Fsp3) is 0.764. The number of carbonyl (C=O) groups excluding carboxylic acids is 1. The number of allylic oxidation sites excluding steroid dienone is 16. The highest BCUT2D eigenvalue weighted by Gasteiger charge is 2.51. The molecule has 2 aliphatic heterocycles. The molecule has 2 saturated heterocycles. The molecule has 2 rings (SSSR count). The number of rotatable bonds is 55. The average Bonchev–Trinajstić information content (AvgIpc) is 2.53. The average molecular weight is 1210 g/mol. The van der Waals surface area contributed by atoms with Crippen molar-refractivity contribution in [2.24, 2.45) is 0 Å². The predicted octanol–water partition coefficient (Wildman–Crippen LogP) is 13.8. The van der Waals surface area contributed by atoms with Gasteiger partial charge < -0.3 is 65.1 Å². The van der Waals surface area contributed by atoms with E-state index < -0.39 is 86.8 Å². The predicted molar refractivity (Wildman–Crippen MR) is 350 cm³/mol. The third-order valence-corrected chi connectivity index (χ3v) is 16.3. The molecular weight excluding hydrogens is 1090 g/mol. The van der Waals surface area contributed by atoms with Gasteiger partial charge >= 0.3 is 0 Å². The zero-order chi connectivity index (χ0) is 62.3. The van der Waals surface area contributed by atoms with Gasteiger partial charge in [-0.2, -0.15) is 0 Å². The van der Waals surface area contributed by atoms with E-state index in [2.05, 4.69) is 116 Å². The minimum Gasteiger partial charge on any atom is -0.394 e. The van der Waals surface area contributed by atoms with Crippen LogP contribution in [-0.4, -0.2) is 140 Å². The number of amides is 1. The molecule has 0 aromatic carbocycles. The fourth-order valence-electron chi connectivity index (χ4n) is 10.8. The summed E-state index contributed by atoms with van der Waals surface area (Å²) in [5.74, 6) is -0.232. The van der Waals surface area contributed by atoms with Crippen molar-refractivity contribution in [3.8, 4) is 0 Å². The van der Waals surface area contributed by atoms with Gasteiger partial charge in [0.25, 0.3) is 0 Å². The van der Waals surface area contributed by atoms with Crippen molar-refractivity contribution >= 4 is 5.91 Å². The van der Waals surface area contributed by atoms with Crippen LogP contribution in [0.3, 0.4) is 0 Å². The second-order valence-corrected chi connectivity index (χ2v) is 23.9. The molecule has 9 N–H and O–H groups in total. The molecule has 0 aromatic rings. The first-order chi connectivity index (χ1) is 42.1. The van der Waals surface area contributed by atoms with Gasteiger partial charge in [-0.3, -0.25) is 4.79 Å². The van der Waals surface area contributed by atoms with Crippen LogP contribution in [-0.2, 0) is 23.7 Å².